The lowest BCUT2D eigenvalue weighted by molar-refractivity contribution is -0.617. The molecule has 0 aliphatic heterocycles. The maximum absolute atomic E-state index is 12.0. The Kier molecular flexibility index (Phi) is 3.28. The first kappa shape index (κ1) is 14.4. The number of hydrogen-bond acceptors (Lipinski definition) is 2. The molecule has 0 bridgehead atoms. The minimum Gasteiger partial charge on any atom is -0.545 e. The summed E-state index contributed by atoms with van der Waals surface area (Å²) >= 11 is 0. The van der Waals surface area contributed by atoms with Gasteiger partial charge in [-0.1, -0.05) is 54.6 Å². The topological polar surface area (TPSA) is 44.0 Å². The highest BCUT2D eigenvalue weighted by Gasteiger charge is 2.21. The lowest BCUT2D eigenvalue weighted by Gasteiger charge is -2.14. The summed E-state index contributed by atoms with van der Waals surface area (Å²) in [7, 11) is 1.96. The molecule has 1 aromatic heterocycles. The van der Waals surface area contributed by atoms with Gasteiger partial charge in [0.1, 0.15) is 7.05 Å². The molecule has 0 N–H and O–H groups in total. The van der Waals surface area contributed by atoms with Crippen molar-refractivity contribution in [2.24, 2.45) is 7.05 Å². The summed E-state index contributed by atoms with van der Waals surface area (Å²) in [6.07, 6.45) is 0. The average molecular weight is 313 g/mol. The number of aryl methyl sites for hydroxylation is 1. The number of rotatable bonds is 2. The number of pyridine rings is 1. The zero-order valence-electron chi connectivity index (χ0n) is 13.2. The molecule has 3 nitrogen and oxygen atoms in total. The normalized spacial score (nSPS) is 11.0. The van der Waals surface area contributed by atoms with Crippen molar-refractivity contribution in [2.45, 2.75) is 0 Å². The van der Waals surface area contributed by atoms with E-state index in [9.17, 15) is 9.90 Å². The van der Waals surface area contributed by atoms with Crippen LogP contribution in [0.5, 0.6) is 0 Å². The molecular formula is C21H15NO2. The zero-order valence-corrected chi connectivity index (χ0v) is 13.2. The predicted molar refractivity (Wildman–Crippen MR) is 92.4 cm³/mol. The van der Waals surface area contributed by atoms with Crippen molar-refractivity contribution in [1.29, 1.82) is 0 Å². The summed E-state index contributed by atoms with van der Waals surface area (Å²) in [4.78, 5) is 12.0. The summed E-state index contributed by atoms with van der Waals surface area (Å²) in [5, 5.41) is 13.4. The van der Waals surface area contributed by atoms with Gasteiger partial charge in [-0.2, -0.15) is 4.57 Å². The van der Waals surface area contributed by atoms with E-state index in [4.69, 9.17) is 0 Å². The fourth-order valence-electron chi connectivity index (χ4n) is 3.39. The Morgan fingerprint density at radius 3 is 2.25 bits per heavy atom. The molecule has 0 fully saturated rings. The number of aromatic nitrogens is 1. The Bertz CT molecular complexity index is 1090. The van der Waals surface area contributed by atoms with Gasteiger partial charge in [-0.25, -0.2) is 0 Å². The fraction of sp³-hybridized carbons (Fsp3) is 0.0476. The molecule has 0 aliphatic rings. The minimum absolute atomic E-state index is 0.248. The van der Waals surface area contributed by atoms with Crippen LogP contribution in [0, 0.1) is 0 Å². The molecule has 0 saturated heterocycles. The van der Waals surface area contributed by atoms with E-state index in [2.05, 4.69) is 0 Å². The van der Waals surface area contributed by atoms with Crippen LogP contribution in [-0.2, 0) is 7.05 Å². The Hall–Kier alpha value is -3.20. The van der Waals surface area contributed by atoms with Crippen LogP contribution in [0.4, 0.5) is 0 Å². The van der Waals surface area contributed by atoms with Gasteiger partial charge in [-0.05, 0) is 17.2 Å². The Labute approximate surface area is 139 Å². The van der Waals surface area contributed by atoms with Crippen LogP contribution in [0.3, 0.4) is 0 Å². The molecule has 0 unspecified atom stereocenters. The van der Waals surface area contributed by atoms with Crippen molar-refractivity contribution in [3.8, 4) is 11.1 Å². The summed E-state index contributed by atoms with van der Waals surface area (Å²) in [6, 6.07) is 23.2. The maximum Gasteiger partial charge on any atom is 0.214 e. The smallest absolute Gasteiger partial charge is 0.214 e. The highest BCUT2D eigenvalue weighted by molar-refractivity contribution is 6.15. The summed E-state index contributed by atoms with van der Waals surface area (Å²) in [6.45, 7) is 0. The molecule has 3 heteroatoms. The van der Waals surface area contributed by atoms with E-state index in [1.54, 1.807) is 0 Å². The van der Waals surface area contributed by atoms with E-state index in [1.165, 1.54) is 0 Å². The third-order valence-corrected chi connectivity index (χ3v) is 4.48. The van der Waals surface area contributed by atoms with Crippen molar-refractivity contribution >= 4 is 27.8 Å². The van der Waals surface area contributed by atoms with Crippen molar-refractivity contribution in [2.75, 3.05) is 0 Å². The van der Waals surface area contributed by atoms with Crippen molar-refractivity contribution in [1.82, 2.24) is 0 Å². The van der Waals surface area contributed by atoms with Gasteiger partial charge in [0, 0.05) is 17.7 Å². The molecule has 0 amide bonds. The number of benzene rings is 3. The first-order valence-electron chi connectivity index (χ1n) is 7.78. The second kappa shape index (κ2) is 5.46. The lowest BCUT2D eigenvalue weighted by Crippen LogP contribution is -2.33. The summed E-state index contributed by atoms with van der Waals surface area (Å²) < 4.78 is 2.03. The van der Waals surface area contributed by atoms with Gasteiger partial charge in [-0.15, -0.1) is 0 Å². The number of carboxylic acid groups (broad SMARTS) is 1. The molecule has 0 spiro atoms. The highest BCUT2D eigenvalue weighted by atomic mass is 16.4. The van der Waals surface area contributed by atoms with Crippen LogP contribution < -0.4 is 9.67 Å². The standard InChI is InChI=1S/C21H15NO2/c1-22-17-12-6-5-10-16(17)20(21(23)24)19-15(11-7-13-18(19)22)14-8-3-2-4-9-14/h2-13H,1H3. The van der Waals surface area contributed by atoms with E-state index >= 15 is 0 Å². The largest absolute Gasteiger partial charge is 0.545 e. The van der Waals surface area contributed by atoms with Crippen LogP contribution in [0.2, 0.25) is 0 Å². The van der Waals surface area contributed by atoms with E-state index in [1.807, 2.05) is 84.4 Å². The minimum atomic E-state index is -1.15. The zero-order chi connectivity index (χ0) is 16.7. The molecule has 116 valence electrons. The van der Waals surface area contributed by atoms with Crippen LogP contribution in [0.15, 0.2) is 72.8 Å². The third-order valence-electron chi connectivity index (χ3n) is 4.48. The van der Waals surface area contributed by atoms with Gasteiger partial charge in [0.2, 0.25) is 11.0 Å². The van der Waals surface area contributed by atoms with E-state index < -0.39 is 5.97 Å². The number of aromatic carboxylic acids is 1. The molecule has 0 aliphatic carbocycles. The van der Waals surface area contributed by atoms with Crippen molar-refractivity contribution in [3.05, 3.63) is 78.4 Å². The van der Waals surface area contributed by atoms with Gasteiger partial charge in [0.15, 0.2) is 0 Å². The van der Waals surface area contributed by atoms with Gasteiger partial charge in [0.05, 0.1) is 16.7 Å². The number of fused-ring (bicyclic) bond motifs is 2. The SMILES string of the molecule is C[n+]1c2ccccc2c(C(=O)[O-])c2c(-c3ccccc3)cccc21. The van der Waals surface area contributed by atoms with E-state index in [0.29, 0.717) is 10.8 Å². The van der Waals surface area contributed by atoms with Crippen LogP contribution in [-0.4, -0.2) is 5.97 Å². The molecule has 4 aromatic rings. The number of hydrogen-bond donors (Lipinski definition) is 0. The van der Waals surface area contributed by atoms with Gasteiger partial charge >= 0.3 is 0 Å². The Morgan fingerprint density at radius 2 is 1.50 bits per heavy atom. The van der Waals surface area contributed by atoms with Gasteiger partial charge in [0.25, 0.3) is 0 Å². The van der Waals surface area contributed by atoms with Crippen LogP contribution >= 0.6 is 0 Å². The first-order chi connectivity index (χ1) is 11.7. The second-order valence-corrected chi connectivity index (χ2v) is 5.80. The van der Waals surface area contributed by atoms with Gasteiger partial charge in [-0.3, -0.25) is 0 Å². The van der Waals surface area contributed by atoms with Crippen molar-refractivity contribution < 1.29 is 14.5 Å². The molecular weight excluding hydrogens is 298 g/mol. The lowest BCUT2D eigenvalue weighted by atomic mass is 9.94. The fourth-order valence-corrected chi connectivity index (χ4v) is 3.39. The summed E-state index contributed by atoms with van der Waals surface area (Å²) in [5.74, 6) is -1.15. The maximum atomic E-state index is 12.0. The number of carboxylic acids is 1. The molecule has 24 heavy (non-hydrogen) atoms. The molecule has 1 heterocycles. The van der Waals surface area contributed by atoms with Gasteiger partial charge < -0.3 is 9.90 Å². The molecule has 0 radical (unpaired) electrons. The van der Waals surface area contributed by atoms with Crippen LogP contribution in [0.25, 0.3) is 32.9 Å². The first-order valence-corrected chi connectivity index (χ1v) is 7.78. The monoisotopic (exact) mass is 313 g/mol. The van der Waals surface area contributed by atoms with E-state index in [0.717, 1.165) is 22.2 Å². The molecule has 3 aromatic carbocycles. The number of nitrogens with zero attached hydrogens (tertiary/aromatic N) is 1. The Balaban J connectivity index is 2.27. The van der Waals surface area contributed by atoms with Crippen LogP contribution in [0.1, 0.15) is 10.4 Å². The van der Waals surface area contributed by atoms with Crippen molar-refractivity contribution in [3.63, 3.8) is 0 Å². The van der Waals surface area contributed by atoms with E-state index in [-0.39, 0.29) is 5.56 Å². The molecule has 4 rings (SSSR count). The molecule has 0 atom stereocenters. The quantitative estimate of drug-likeness (QED) is 0.422. The third kappa shape index (κ3) is 2.06. The average Bonchev–Trinajstić information content (AvgIpc) is 2.62. The number of carbonyl (C=O) groups is 1. The Morgan fingerprint density at radius 1 is 0.833 bits per heavy atom. The second-order valence-electron chi connectivity index (χ2n) is 5.80. The summed E-state index contributed by atoms with van der Waals surface area (Å²) in [5.41, 5.74) is 3.87. The molecule has 0 saturated carbocycles. The predicted octanol–water partition coefficient (Wildman–Crippen LogP) is 2.85. The number of carbonyl (C=O) groups excluding carboxylic acids is 1. The number of para-hydroxylation sites is 1. The highest BCUT2D eigenvalue weighted by Crippen LogP contribution is 2.32.